The van der Waals surface area contributed by atoms with E-state index in [1.807, 2.05) is 31.2 Å². The van der Waals surface area contributed by atoms with Crippen molar-refractivity contribution in [2.75, 3.05) is 37.4 Å². The molecule has 0 saturated carbocycles. The lowest BCUT2D eigenvalue weighted by molar-refractivity contribution is -0.132. The first-order chi connectivity index (χ1) is 14.6. The number of carbonyl (C=O) groups excluding carboxylic acids is 2. The molecule has 2 amide bonds. The van der Waals surface area contributed by atoms with E-state index in [-0.39, 0.29) is 24.1 Å². The SMILES string of the molecule is CCN(CC(=O)Nc1ccc2c(c1)OCCO2)C(=O)CSc1nc2ccccc2o1. The molecule has 9 heteroatoms. The van der Waals surface area contributed by atoms with Gasteiger partial charge in [-0.3, -0.25) is 9.59 Å². The molecule has 0 fully saturated rings. The van der Waals surface area contributed by atoms with Gasteiger partial charge in [-0.25, -0.2) is 4.98 Å². The Labute approximate surface area is 177 Å². The normalized spacial score (nSPS) is 12.6. The molecule has 0 saturated heterocycles. The fourth-order valence-electron chi connectivity index (χ4n) is 3.00. The monoisotopic (exact) mass is 427 g/mol. The number of oxazole rings is 1. The van der Waals surface area contributed by atoms with E-state index in [9.17, 15) is 9.59 Å². The number of rotatable bonds is 7. The van der Waals surface area contributed by atoms with E-state index >= 15 is 0 Å². The van der Waals surface area contributed by atoms with Crippen LogP contribution in [0.25, 0.3) is 11.1 Å². The van der Waals surface area contributed by atoms with Gasteiger partial charge in [0.05, 0.1) is 12.3 Å². The Bertz CT molecular complexity index is 1030. The maximum absolute atomic E-state index is 12.6. The summed E-state index contributed by atoms with van der Waals surface area (Å²) < 4.78 is 16.6. The summed E-state index contributed by atoms with van der Waals surface area (Å²) in [6.45, 7) is 3.19. The van der Waals surface area contributed by atoms with Crippen LogP contribution in [0, 0.1) is 0 Å². The molecule has 0 unspecified atom stereocenters. The second kappa shape index (κ2) is 9.08. The minimum atomic E-state index is -0.284. The predicted octanol–water partition coefficient (Wildman–Crippen LogP) is 3.18. The molecule has 1 aromatic heterocycles. The zero-order valence-electron chi connectivity index (χ0n) is 16.4. The first-order valence-corrected chi connectivity index (χ1v) is 10.6. The number of anilines is 1. The van der Waals surface area contributed by atoms with E-state index in [4.69, 9.17) is 13.9 Å². The number of hydrogen-bond acceptors (Lipinski definition) is 7. The van der Waals surface area contributed by atoms with Gasteiger partial charge < -0.3 is 24.1 Å². The molecular formula is C21H21N3O5S. The fourth-order valence-corrected chi connectivity index (χ4v) is 3.74. The van der Waals surface area contributed by atoms with Crippen molar-refractivity contribution in [1.82, 2.24) is 9.88 Å². The van der Waals surface area contributed by atoms with Crippen molar-refractivity contribution in [2.24, 2.45) is 0 Å². The Kier molecular flexibility index (Phi) is 6.08. The number of hydrogen-bond donors (Lipinski definition) is 1. The highest BCUT2D eigenvalue weighted by atomic mass is 32.2. The highest BCUT2D eigenvalue weighted by molar-refractivity contribution is 7.99. The molecule has 0 spiro atoms. The molecule has 8 nitrogen and oxygen atoms in total. The lowest BCUT2D eigenvalue weighted by atomic mass is 10.2. The highest BCUT2D eigenvalue weighted by Crippen LogP contribution is 2.32. The molecule has 4 rings (SSSR count). The summed E-state index contributed by atoms with van der Waals surface area (Å²) in [5.41, 5.74) is 2.02. The van der Waals surface area contributed by atoms with Gasteiger partial charge in [-0.1, -0.05) is 23.9 Å². The van der Waals surface area contributed by atoms with Crippen LogP contribution in [0.2, 0.25) is 0 Å². The number of nitrogens with zero attached hydrogens (tertiary/aromatic N) is 2. The number of thioether (sulfide) groups is 1. The molecule has 0 radical (unpaired) electrons. The quantitative estimate of drug-likeness (QED) is 0.579. The Morgan fingerprint density at radius 2 is 1.93 bits per heavy atom. The summed E-state index contributed by atoms with van der Waals surface area (Å²) in [5.74, 6) is 0.937. The lowest BCUT2D eigenvalue weighted by Crippen LogP contribution is -2.38. The van der Waals surface area contributed by atoms with Crippen LogP contribution in [0.5, 0.6) is 11.5 Å². The standard InChI is InChI=1S/C21H21N3O5S/c1-2-24(20(26)13-30-21-23-15-5-3-4-6-16(15)29-21)12-19(25)22-14-7-8-17-18(11-14)28-10-9-27-17/h3-8,11H,2,9-10,12-13H2,1H3,(H,22,25). The van der Waals surface area contributed by atoms with Crippen molar-refractivity contribution in [1.29, 1.82) is 0 Å². The minimum Gasteiger partial charge on any atom is -0.486 e. The van der Waals surface area contributed by atoms with E-state index in [1.54, 1.807) is 18.2 Å². The van der Waals surface area contributed by atoms with Gasteiger partial charge in [0, 0.05) is 18.3 Å². The van der Waals surface area contributed by atoms with Gasteiger partial charge in [0.2, 0.25) is 11.8 Å². The number of likely N-dealkylation sites (N-methyl/N-ethyl adjacent to an activating group) is 1. The van der Waals surface area contributed by atoms with Gasteiger partial charge in [-0.2, -0.15) is 0 Å². The third kappa shape index (κ3) is 4.68. The molecule has 2 aromatic carbocycles. The highest BCUT2D eigenvalue weighted by Gasteiger charge is 2.18. The van der Waals surface area contributed by atoms with Crippen LogP contribution < -0.4 is 14.8 Å². The number of benzene rings is 2. The number of fused-ring (bicyclic) bond motifs is 2. The third-order valence-corrected chi connectivity index (χ3v) is 5.30. The van der Waals surface area contributed by atoms with Crippen molar-refractivity contribution < 1.29 is 23.5 Å². The first-order valence-electron chi connectivity index (χ1n) is 9.58. The molecule has 2 heterocycles. The van der Waals surface area contributed by atoms with Crippen molar-refractivity contribution in [3.63, 3.8) is 0 Å². The molecule has 1 N–H and O–H groups in total. The Morgan fingerprint density at radius 3 is 2.73 bits per heavy atom. The fraction of sp³-hybridized carbons (Fsp3) is 0.286. The van der Waals surface area contributed by atoms with Crippen LogP contribution in [-0.4, -0.2) is 53.8 Å². The van der Waals surface area contributed by atoms with Crippen LogP contribution in [0.3, 0.4) is 0 Å². The van der Waals surface area contributed by atoms with Gasteiger partial charge in [0.25, 0.3) is 5.22 Å². The van der Waals surface area contributed by atoms with Gasteiger partial charge in [-0.15, -0.1) is 0 Å². The summed E-state index contributed by atoms with van der Waals surface area (Å²) in [6, 6.07) is 12.6. The average molecular weight is 427 g/mol. The summed E-state index contributed by atoms with van der Waals surface area (Å²) >= 11 is 1.21. The van der Waals surface area contributed by atoms with Crippen LogP contribution in [0.15, 0.2) is 52.1 Å². The number of amides is 2. The molecule has 0 bridgehead atoms. The maximum atomic E-state index is 12.6. The van der Waals surface area contributed by atoms with Crippen molar-refractivity contribution in [3.8, 4) is 11.5 Å². The van der Waals surface area contributed by atoms with Gasteiger partial charge >= 0.3 is 0 Å². The summed E-state index contributed by atoms with van der Waals surface area (Å²) in [5, 5.41) is 3.23. The van der Waals surface area contributed by atoms with Crippen LogP contribution in [0.4, 0.5) is 5.69 Å². The van der Waals surface area contributed by atoms with Crippen LogP contribution in [0.1, 0.15) is 6.92 Å². The smallest absolute Gasteiger partial charge is 0.257 e. The number of ether oxygens (including phenoxy) is 2. The van der Waals surface area contributed by atoms with E-state index in [1.165, 1.54) is 16.7 Å². The van der Waals surface area contributed by atoms with E-state index < -0.39 is 0 Å². The number of para-hydroxylation sites is 2. The van der Waals surface area contributed by atoms with E-state index in [0.29, 0.717) is 47.8 Å². The van der Waals surface area contributed by atoms with Crippen molar-refractivity contribution in [3.05, 3.63) is 42.5 Å². The number of aromatic nitrogens is 1. The second-order valence-corrected chi connectivity index (χ2v) is 7.48. The van der Waals surface area contributed by atoms with Crippen LogP contribution in [-0.2, 0) is 9.59 Å². The van der Waals surface area contributed by atoms with E-state index in [2.05, 4.69) is 10.3 Å². The van der Waals surface area contributed by atoms with Gasteiger partial charge in [-0.05, 0) is 31.2 Å². The zero-order chi connectivity index (χ0) is 20.9. The molecule has 30 heavy (non-hydrogen) atoms. The third-order valence-electron chi connectivity index (χ3n) is 4.49. The number of nitrogens with one attached hydrogen (secondary N) is 1. The molecular weight excluding hydrogens is 406 g/mol. The van der Waals surface area contributed by atoms with Crippen LogP contribution >= 0.6 is 11.8 Å². The molecule has 3 aromatic rings. The lowest BCUT2D eigenvalue weighted by Gasteiger charge is -2.21. The summed E-state index contributed by atoms with van der Waals surface area (Å²) in [6.07, 6.45) is 0. The largest absolute Gasteiger partial charge is 0.486 e. The minimum absolute atomic E-state index is 0.0438. The zero-order valence-corrected chi connectivity index (χ0v) is 17.2. The first kappa shape index (κ1) is 20.1. The van der Waals surface area contributed by atoms with Crippen molar-refractivity contribution in [2.45, 2.75) is 12.1 Å². The molecule has 0 aliphatic carbocycles. The molecule has 0 atom stereocenters. The Morgan fingerprint density at radius 1 is 1.13 bits per heavy atom. The maximum Gasteiger partial charge on any atom is 0.257 e. The molecule has 156 valence electrons. The summed E-state index contributed by atoms with van der Waals surface area (Å²) in [7, 11) is 0. The number of carbonyl (C=O) groups is 2. The van der Waals surface area contributed by atoms with Crippen molar-refractivity contribution >= 4 is 40.4 Å². The predicted molar refractivity (Wildman–Crippen MR) is 113 cm³/mol. The Hall–Kier alpha value is -3.20. The molecule has 1 aliphatic rings. The average Bonchev–Trinajstić information content (AvgIpc) is 3.19. The van der Waals surface area contributed by atoms with E-state index in [0.717, 1.165) is 5.52 Å². The van der Waals surface area contributed by atoms with Gasteiger partial charge in [0.1, 0.15) is 18.7 Å². The second-order valence-electron chi connectivity index (χ2n) is 6.55. The summed E-state index contributed by atoms with van der Waals surface area (Å²) in [4.78, 5) is 30.8. The topological polar surface area (TPSA) is 93.9 Å². The molecule has 1 aliphatic heterocycles. The Balaban J connectivity index is 1.31. The van der Waals surface area contributed by atoms with Gasteiger partial charge in [0.15, 0.2) is 17.1 Å².